The van der Waals surface area contributed by atoms with Crippen molar-refractivity contribution in [1.29, 1.82) is 0 Å². The Labute approximate surface area is 191 Å². The van der Waals surface area contributed by atoms with Crippen molar-refractivity contribution in [2.75, 3.05) is 0 Å². The number of rotatable bonds is 2. The van der Waals surface area contributed by atoms with Crippen molar-refractivity contribution in [2.24, 2.45) is 5.41 Å². The van der Waals surface area contributed by atoms with Gasteiger partial charge in [0.05, 0.1) is 0 Å². The minimum absolute atomic E-state index is 0.400. The molecule has 1 saturated carbocycles. The fourth-order valence-electron chi connectivity index (χ4n) is 4.69. The molecule has 0 aliphatic heterocycles. The smallest absolute Gasteiger partial charge is 0.323 e. The molecular weight excluding hydrogens is 388 g/mol. The minimum Gasteiger partial charge on any atom is -0.480 e. The van der Waals surface area contributed by atoms with Gasteiger partial charge in [-0.05, 0) is 33.6 Å². The molecule has 31 heavy (non-hydrogen) atoms. The third-order valence-electron chi connectivity index (χ3n) is 6.66. The fraction of sp³-hybridized carbons (Fsp3) is 0.926. The molecule has 0 aromatic rings. The lowest BCUT2D eigenvalue weighted by molar-refractivity contribution is -0.178. The van der Waals surface area contributed by atoms with Gasteiger partial charge in [0.2, 0.25) is 0 Å². The quantitative estimate of drug-likeness (QED) is 0.348. The highest BCUT2D eigenvalue weighted by atomic mass is 16.6. The van der Waals surface area contributed by atoms with Crippen LogP contribution in [0.1, 0.15) is 149 Å². The Morgan fingerprint density at radius 1 is 0.581 bits per heavy atom. The summed E-state index contributed by atoms with van der Waals surface area (Å²) < 4.78 is 5.60. The number of carbonyl (C=O) groups excluding carboxylic acids is 1. The number of aliphatic carboxylic acids is 1. The first kappa shape index (κ1) is 28.0. The normalized spacial score (nSPS) is 22.0. The van der Waals surface area contributed by atoms with E-state index in [-0.39, 0.29) is 0 Å². The number of esters is 1. The second-order valence-corrected chi connectivity index (χ2v) is 10.8. The first-order valence-electron chi connectivity index (χ1n) is 13.2. The first-order chi connectivity index (χ1) is 14.8. The summed E-state index contributed by atoms with van der Waals surface area (Å²) in [6.45, 7) is 5.44. The van der Waals surface area contributed by atoms with E-state index >= 15 is 0 Å². The van der Waals surface area contributed by atoms with Crippen molar-refractivity contribution in [3.63, 3.8) is 0 Å². The number of carboxylic acid groups (broad SMARTS) is 1. The molecule has 0 aromatic heterocycles. The summed E-state index contributed by atoms with van der Waals surface area (Å²) in [5.74, 6) is -1.54. The molecular formula is C27H50O4. The summed E-state index contributed by atoms with van der Waals surface area (Å²) >= 11 is 0. The van der Waals surface area contributed by atoms with Crippen molar-refractivity contribution in [2.45, 2.75) is 155 Å². The van der Waals surface area contributed by atoms with Gasteiger partial charge in [-0.2, -0.15) is 0 Å². The summed E-state index contributed by atoms with van der Waals surface area (Å²) in [6, 6.07) is 0. The summed E-state index contributed by atoms with van der Waals surface area (Å²) in [7, 11) is 0. The van der Waals surface area contributed by atoms with Crippen LogP contribution in [0.5, 0.6) is 0 Å². The molecule has 1 N–H and O–H groups in total. The molecule has 1 aliphatic carbocycles. The molecule has 0 unspecified atom stereocenters. The Morgan fingerprint density at radius 3 is 1.06 bits per heavy atom. The van der Waals surface area contributed by atoms with Gasteiger partial charge in [-0.25, -0.2) is 0 Å². The Kier molecular flexibility index (Phi) is 14.2. The molecule has 0 spiro atoms. The number of carbonyl (C=O) groups is 2. The Bertz CT molecular complexity index is 470. The van der Waals surface area contributed by atoms with Crippen LogP contribution in [0, 0.1) is 5.41 Å². The maximum atomic E-state index is 13.0. The number of carboxylic acids is 1. The number of hydrogen-bond acceptors (Lipinski definition) is 3. The van der Waals surface area contributed by atoms with E-state index < -0.39 is 23.0 Å². The SMILES string of the molecule is CC(C)(C)OC(=O)C1(C(=O)O)CCCCCCCCCCCCCCCCCCCC1. The zero-order valence-corrected chi connectivity index (χ0v) is 20.8. The number of hydrogen-bond donors (Lipinski definition) is 1. The average molecular weight is 439 g/mol. The van der Waals surface area contributed by atoms with Crippen LogP contribution in [0.4, 0.5) is 0 Å². The van der Waals surface area contributed by atoms with Crippen LogP contribution in [-0.2, 0) is 14.3 Å². The minimum atomic E-state index is -1.38. The lowest BCUT2D eigenvalue weighted by Gasteiger charge is -2.31. The molecule has 0 radical (unpaired) electrons. The summed E-state index contributed by atoms with van der Waals surface area (Å²) in [6.07, 6.45) is 22.5. The Balaban J connectivity index is 2.69. The largest absolute Gasteiger partial charge is 0.480 e. The second-order valence-electron chi connectivity index (χ2n) is 10.8. The topological polar surface area (TPSA) is 63.6 Å². The van der Waals surface area contributed by atoms with Crippen LogP contribution in [-0.4, -0.2) is 22.6 Å². The molecule has 0 saturated heterocycles. The van der Waals surface area contributed by atoms with Gasteiger partial charge in [0.15, 0.2) is 5.41 Å². The Hall–Kier alpha value is -1.06. The van der Waals surface area contributed by atoms with Crippen LogP contribution >= 0.6 is 0 Å². The van der Waals surface area contributed by atoms with Gasteiger partial charge in [0, 0.05) is 0 Å². The maximum Gasteiger partial charge on any atom is 0.323 e. The Morgan fingerprint density at radius 2 is 0.839 bits per heavy atom. The first-order valence-corrected chi connectivity index (χ1v) is 13.2. The van der Waals surface area contributed by atoms with E-state index in [9.17, 15) is 14.7 Å². The maximum absolute atomic E-state index is 13.0. The molecule has 182 valence electrons. The van der Waals surface area contributed by atoms with Crippen LogP contribution in [0.2, 0.25) is 0 Å². The molecule has 0 heterocycles. The van der Waals surface area contributed by atoms with E-state index in [1.165, 1.54) is 77.0 Å². The standard InChI is InChI=1S/C27H50O4/c1-26(2,3)31-25(30)27(24(28)29)22-20-18-16-14-12-10-8-6-4-5-7-9-11-13-15-17-19-21-23-27/h4-23H2,1-3H3,(H,28,29). The predicted molar refractivity (Wildman–Crippen MR) is 128 cm³/mol. The molecule has 0 bridgehead atoms. The average Bonchev–Trinajstić information content (AvgIpc) is 2.68. The van der Waals surface area contributed by atoms with Crippen LogP contribution < -0.4 is 0 Å². The van der Waals surface area contributed by atoms with Crippen LogP contribution in [0.15, 0.2) is 0 Å². The lowest BCUT2D eigenvalue weighted by atomic mass is 9.77. The summed E-state index contributed by atoms with van der Waals surface area (Å²) in [5.41, 5.74) is -2.05. The van der Waals surface area contributed by atoms with Crippen molar-refractivity contribution in [1.82, 2.24) is 0 Å². The van der Waals surface area contributed by atoms with E-state index in [0.717, 1.165) is 38.5 Å². The number of ether oxygens (including phenoxy) is 1. The highest BCUT2D eigenvalue weighted by molar-refractivity contribution is 5.99. The van der Waals surface area contributed by atoms with E-state index in [2.05, 4.69) is 0 Å². The van der Waals surface area contributed by atoms with Crippen LogP contribution in [0.3, 0.4) is 0 Å². The van der Waals surface area contributed by atoms with Crippen molar-refractivity contribution in [3.8, 4) is 0 Å². The van der Waals surface area contributed by atoms with Gasteiger partial charge in [-0.15, -0.1) is 0 Å². The van der Waals surface area contributed by atoms with Gasteiger partial charge in [-0.3, -0.25) is 9.59 Å². The molecule has 1 rings (SSSR count). The van der Waals surface area contributed by atoms with Gasteiger partial charge < -0.3 is 9.84 Å². The summed E-state index contributed by atoms with van der Waals surface area (Å²) in [4.78, 5) is 25.3. The molecule has 1 aliphatic rings. The molecule has 0 aromatic carbocycles. The highest BCUT2D eigenvalue weighted by Crippen LogP contribution is 2.35. The second kappa shape index (κ2) is 15.7. The zero-order valence-electron chi connectivity index (χ0n) is 20.8. The van der Waals surface area contributed by atoms with Crippen LogP contribution in [0.25, 0.3) is 0 Å². The molecule has 0 amide bonds. The van der Waals surface area contributed by atoms with E-state index in [0.29, 0.717) is 12.8 Å². The van der Waals surface area contributed by atoms with Gasteiger partial charge in [0.1, 0.15) is 5.60 Å². The molecule has 4 nitrogen and oxygen atoms in total. The third-order valence-corrected chi connectivity index (χ3v) is 6.66. The predicted octanol–water partition coefficient (Wildman–Crippen LogP) is 8.21. The van der Waals surface area contributed by atoms with Crippen molar-refractivity contribution in [3.05, 3.63) is 0 Å². The molecule has 0 atom stereocenters. The summed E-state index contributed by atoms with van der Waals surface area (Å²) in [5, 5.41) is 10.1. The van der Waals surface area contributed by atoms with Gasteiger partial charge in [0.25, 0.3) is 0 Å². The highest BCUT2D eigenvalue weighted by Gasteiger charge is 2.47. The van der Waals surface area contributed by atoms with Gasteiger partial charge >= 0.3 is 11.9 Å². The van der Waals surface area contributed by atoms with E-state index in [4.69, 9.17) is 4.74 Å². The van der Waals surface area contributed by atoms with E-state index in [1.54, 1.807) is 0 Å². The monoisotopic (exact) mass is 438 g/mol. The molecule has 4 heteroatoms. The van der Waals surface area contributed by atoms with Crippen molar-refractivity contribution < 1.29 is 19.4 Å². The zero-order chi connectivity index (χ0) is 23.0. The fourth-order valence-corrected chi connectivity index (χ4v) is 4.69. The van der Waals surface area contributed by atoms with Crippen molar-refractivity contribution >= 4 is 11.9 Å². The third kappa shape index (κ3) is 12.5. The van der Waals surface area contributed by atoms with Gasteiger partial charge in [-0.1, -0.05) is 116 Å². The molecule has 1 fully saturated rings. The lowest BCUT2D eigenvalue weighted by Crippen LogP contribution is -2.43. The van der Waals surface area contributed by atoms with E-state index in [1.807, 2.05) is 20.8 Å².